The molecule has 0 rings (SSSR count). The van der Waals surface area contributed by atoms with E-state index in [2.05, 4.69) is 18.2 Å². The van der Waals surface area contributed by atoms with E-state index in [1.807, 2.05) is 0 Å². The number of methoxy groups -OCH3 is 1. The Labute approximate surface area is 124 Å². The van der Waals surface area contributed by atoms with E-state index in [4.69, 9.17) is 0 Å². The SMILES string of the molecule is C=C(C(=O)OC)C(O)CCCCCCCCCCCC. The fourth-order valence-corrected chi connectivity index (χ4v) is 2.27. The van der Waals surface area contributed by atoms with Gasteiger partial charge >= 0.3 is 5.97 Å². The second-order valence-corrected chi connectivity index (χ2v) is 5.50. The number of ether oxygens (including phenoxy) is 1. The van der Waals surface area contributed by atoms with Crippen molar-refractivity contribution in [2.24, 2.45) is 0 Å². The van der Waals surface area contributed by atoms with Crippen LogP contribution in [0.25, 0.3) is 0 Å². The van der Waals surface area contributed by atoms with Gasteiger partial charge in [-0.15, -0.1) is 0 Å². The van der Waals surface area contributed by atoms with Gasteiger partial charge in [-0.1, -0.05) is 77.7 Å². The molecule has 1 N–H and O–H groups in total. The molecule has 0 saturated carbocycles. The molecule has 0 aromatic carbocycles. The minimum Gasteiger partial charge on any atom is -0.466 e. The zero-order valence-corrected chi connectivity index (χ0v) is 13.3. The molecule has 0 amide bonds. The molecule has 0 radical (unpaired) electrons. The number of unbranched alkanes of at least 4 members (excludes halogenated alkanes) is 9. The van der Waals surface area contributed by atoms with Crippen molar-refractivity contribution < 1.29 is 14.6 Å². The van der Waals surface area contributed by atoms with E-state index in [0.29, 0.717) is 6.42 Å². The van der Waals surface area contributed by atoms with Gasteiger partial charge in [0, 0.05) is 0 Å². The number of rotatable bonds is 13. The minimum absolute atomic E-state index is 0.170. The third-order valence-electron chi connectivity index (χ3n) is 3.68. The van der Waals surface area contributed by atoms with Crippen LogP contribution in [-0.2, 0) is 9.53 Å². The molecule has 0 saturated heterocycles. The molecule has 20 heavy (non-hydrogen) atoms. The first-order valence-corrected chi connectivity index (χ1v) is 8.08. The van der Waals surface area contributed by atoms with Gasteiger partial charge in [0.25, 0.3) is 0 Å². The Morgan fingerprint density at radius 2 is 1.45 bits per heavy atom. The van der Waals surface area contributed by atoms with E-state index in [-0.39, 0.29) is 5.57 Å². The molecule has 118 valence electrons. The van der Waals surface area contributed by atoms with Crippen LogP contribution in [0.5, 0.6) is 0 Å². The predicted octanol–water partition coefficient (Wildman–Crippen LogP) is 4.39. The molecule has 1 atom stereocenters. The number of carbonyl (C=O) groups excluding carboxylic acids is 1. The van der Waals surface area contributed by atoms with Crippen molar-refractivity contribution in [3.63, 3.8) is 0 Å². The number of hydrogen-bond acceptors (Lipinski definition) is 3. The summed E-state index contributed by atoms with van der Waals surface area (Å²) in [5.41, 5.74) is 0.170. The van der Waals surface area contributed by atoms with Crippen LogP contribution in [0.3, 0.4) is 0 Å². The maximum atomic E-state index is 11.2. The van der Waals surface area contributed by atoms with Crippen LogP contribution >= 0.6 is 0 Å². The van der Waals surface area contributed by atoms with E-state index in [0.717, 1.165) is 12.8 Å². The summed E-state index contributed by atoms with van der Waals surface area (Å²) in [6, 6.07) is 0. The highest BCUT2D eigenvalue weighted by Crippen LogP contribution is 2.14. The predicted molar refractivity (Wildman–Crippen MR) is 83.6 cm³/mol. The lowest BCUT2D eigenvalue weighted by Crippen LogP contribution is -2.18. The number of aliphatic hydroxyl groups excluding tert-OH is 1. The summed E-state index contributed by atoms with van der Waals surface area (Å²) in [5, 5.41) is 9.74. The van der Waals surface area contributed by atoms with Gasteiger partial charge in [-0.2, -0.15) is 0 Å². The molecule has 0 fully saturated rings. The summed E-state index contributed by atoms with van der Waals surface area (Å²) in [4.78, 5) is 11.2. The Hall–Kier alpha value is -0.830. The van der Waals surface area contributed by atoms with Crippen LogP contribution in [0.2, 0.25) is 0 Å². The smallest absolute Gasteiger partial charge is 0.335 e. The van der Waals surface area contributed by atoms with Crippen LogP contribution in [-0.4, -0.2) is 24.3 Å². The number of hydrogen-bond donors (Lipinski definition) is 1. The Bertz CT molecular complexity index is 261. The van der Waals surface area contributed by atoms with Crippen molar-refractivity contribution >= 4 is 5.97 Å². The van der Waals surface area contributed by atoms with E-state index in [9.17, 15) is 9.90 Å². The minimum atomic E-state index is -0.753. The quantitative estimate of drug-likeness (QED) is 0.310. The Kier molecular flexibility index (Phi) is 12.6. The molecular weight excluding hydrogens is 252 g/mol. The van der Waals surface area contributed by atoms with Crippen molar-refractivity contribution in [2.75, 3.05) is 7.11 Å². The van der Waals surface area contributed by atoms with Crippen molar-refractivity contribution in [3.8, 4) is 0 Å². The highest BCUT2D eigenvalue weighted by molar-refractivity contribution is 5.88. The lowest BCUT2D eigenvalue weighted by molar-refractivity contribution is -0.137. The van der Waals surface area contributed by atoms with Crippen LogP contribution < -0.4 is 0 Å². The molecule has 3 nitrogen and oxygen atoms in total. The molecular formula is C17H32O3. The number of esters is 1. The van der Waals surface area contributed by atoms with Crippen molar-refractivity contribution in [1.82, 2.24) is 0 Å². The molecule has 0 aromatic rings. The maximum Gasteiger partial charge on any atom is 0.335 e. The lowest BCUT2D eigenvalue weighted by Gasteiger charge is -2.11. The Morgan fingerprint density at radius 1 is 1.00 bits per heavy atom. The second kappa shape index (κ2) is 13.2. The first-order valence-electron chi connectivity index (χ1n) is 8.08. The molecule has 0 aliphatic carbocycles. The third kappa shape index (κ3) is 10.0. The summed E-state index contributed by atoms with van der Waals surface area (Å²) in [5.74, 6) is -0.510. The van der Waals surface area contributed by atoms with Crippen LogP contribution in [0.1, 0.15) is 77.6 Å². The van der Waals surface area contributed by atoms with E-state index in [1.165, 1.54) is 58.5 Å². The topological polar surface area (TPSA) is 46.5 Å². The van der Waals surface area contributed by atoms with Gasteiger partial charge in [-0.3, -0.25) is 0 Å². The largest absolute Gasteiger partial charge is 0.466 e. The molecule has 0 spiro atoms. The summed E-state index contributed by atoms with van der Waals surface area (Å²) in [6.07, 6.45) is 12.5. The maximum absolute atomic E-state index is 11.2. The fourth-order valence-electron chi connectivity index (χ4n) is 2.27. The number of aliphatic hydroxyl groups is 1. The standard InChI is InChI=1S/C17H32O3/c1-4-5-6-7-8-9-10-11-12-13-14-16(18)15(2)17(19)20-3/h16,18H,2,4-14H2,1,3H3. The summed E-state index contributed by atoms with van der Waals surface area (Å²) < 4.78 is 4.53. The zero-order valence-electron chi connectivity index (χ0n) is 13.3. The van der Waals surface area contributed by atoms with Gasteiger partial charge in [-0.05, 0) is 6.42 Å². The third-order valence-corrected chi connectivity index (χ3v) is 3.68. The fraction of sp³-hybridized carbons (Fsp3) is 0.824. The summed E-state index contributed by atoms with van der Waals surface area (Å²) >= 11 is 0. The van der Waals surface area contributed by atoms with E-state index >= 15 is 0 Å². The average Bonchev–Trinajstić information content (AvgIpc) is 2.47. The van der Waals surface area contributed by atoms with Crippen molar-refractivity contribution in [3.05, 3.63) is 12.2 Å². The molecule has 0 heterocycles. The first kappa shape index (κ1) is 19.2. The van der Waals surface area contributed by atoms with Gasteiger partial charge in [-0.25, -0.2) is 4.79 Å². The van der Waals surface area contributed by atoms with Crippen LogP contribution in [0.15, 0.2) is 12.2 Å². The van der Waals surface area contributed by atoms with Gasteiger partial charge in [0.05, 0.1) is 18.8 Å². The average molecular weight is 284 g/mol. The lowest BCUT2D eigenvalue weighted by atomic mass is 10.0. The molecule has 0 aliphatic heterocycles. The number of carbonyl (C=O) groups is 1. The van der Waals surface area contributed by atoms with Crippen LogP contribution in [0.4, 0.5) is 0 Å². The van der Waals surface area contributed by atoms with Crippen LogP contribution in [0, 0.1) is 0 Å². The first-order chi connectivity index (χ1) is 9.63. The molecule has 0 aliphatic rings. The summed E-state index contributed by atoms with van der Waals surface area (Å²) in [6.45, 7) is 5.80. The summed E-state index contributed by atoms with van der Waals surface area (Å²) in [7, 11) is 1.31. The Morgan fingerprint density at radius 3 is 1.90 bits per heavy atom. The highest BCUT2D eigenvalue weighted by atomic mass is 16.5. The van der Waals surface area contributed by atoms with E-state index in [1.54, 1.807) is 0 Å². The Balaban J connectivity index is 3.35. The normalized spacial score (nSPS) is 12.2. The molecule has 1 unspecified atom stereocenters. The molecule has 3 heteroatoms. The van der Waals surface area contributed by atoms with Crippen molar-refractivity contribution in [2.45, 2.75) is 83.7 Å². The second-order valence-electron chi connectivity index (χ2n) is 5.50. The van der Waals surface area contributed by atoms with E-state index < -0.39 is 12.1 Å². The van der Waals surface area contributed by atoms with Gasteiger partial charge in [0.2, 0.25) is 0 Å². The highest BCUT2D eigenvalue weighted by Gasteiger charge is 2.16. The van der Waals surface area contributed by atoms with Gasteiger partial charge < -0.3 is 9.84 Å². The molecule has 0 bridgehead atoms. The van der Waals surface area contributed by atoms with Gasteiger partial charge in [0.15, 0.2) is 0 Å². The molecule has 0 aromatic heterocycles. The monoisotopic (exact) mass is 284 g/mol. The zero-order chi connectivity index (χ0) is 15.2. The van der Waals surface area contributed by atoms with Crippen molar-refractivity contribution in [1.29, 1.82) is 0 Å². The van der Waals surface area contributed by atoms with Gasteiger partial charge in [0.1, 0.15) is 0 Å².